The molecule has 0 atom stereocenters. The molecule has 1 amide bonds. The number of aromatic amines is 1. The maximum atomic E-state index is 13.0. The Hall–Kier alpha value is -2.95. The molecule has 1 N–H and O–H groups in total. The molecule has 4 rings (SSSR count). The normalized spacial score (nSPS) is 13.2. The Morgan fingerprint density at radius 3 is 2.62 bits per heavy atom. The van der Waals surface area contributed by atoms with Crippen molar-refractivity contribution in [3.8, 4) is 11.3 Å². The van der Waals surface area contributed by atoms with Crippen LogP contribution in [0.5, 0.6) is 0 Å². The number of aromatic nitrogens is 2. The Labute approximate surface area is 138 Å². The molecule has 1 aliphatic heterocycles. The Kier molecular flexibility index (Phi) is 3.41. The first-order valence-electron chi connectivity index (χ1n) is 7.80. The molecular formula is C19H16FN3O. The van der Waals surface area contributed by atoms with Gasteiger partial charge < -0.3 is 4.90 Å². The molecule has 0 bridgehead atoms. The van der Waals surface area contributed by atoms with E-state index >= 15 is 0 Å². The van der Waals surface area contributed by atoms with Crippen LogP contribution in [-0.4, -0.2) is 21.0 Å². The summed E-state index contributed by atoms with van der Waals surface area (Å²) in [5.41, 5.74) is 5.63. The third-order valence-corrected chi connectivity index (χ3v) is 4.43. The zero-order valence-corrected chi connectivity index (χ0v) is 13.2. The summed E-state index contributed by atoms with van der Waals surface area (Å²) >= 11 is 0. The van der Waals surface area contributed by atoms with Gasteiger partial charge in [0.25, 0.3) is 5.91 Å². The van der Waals surface area contributed by atoms with Gasteiger partial charge in [0.05, 0.1) is 24.5 Å². The number of halogens is 1. The molecule has 0 saturated carbocycles. The number of carbonyl (C=O) groups is 1. The molecular weight excluding hydrogens is 305 g/mol. The number of aryl methyl sites for hydroxylation is 1. The number of hydrogen-bond donors (Lipinski definition) is 1. The van der Waals surface area contributed by atoms with E-state index in [1.165, 1.54) is 24.3 Å². The number of benzene rings is 2. The summed E-state index contributed by atoms with van der Waals surface area (Å²) in [6.07, 6.45) is 0. The third kappa shape index (κ3) is 2.38. The van der Waals surface area contributed by atoms with Crippen molar-refractivity contribution in [2.75, 3.05) is 0 Å². The van der Waals surface area contributed by atoms with Gasteiger partial charge in [0.15, 0.2) is 0 Å². The minimum absolute atomic E-state index is 0.102. The first-order chi connectivity index (χ1) is 11.6. The Morgan fingerprint density at radius 1 is 1.12 bits per heavy atom. The molecule has 2 aromatic carbocycles. The fourth-order valence-electron chi connectivity index (χ4n) is 3.12. The number of nitrogens with one attached hydrogen (secondary N) is 1. The van der Waals surface area contributed by atoms with Gasteiger partial charge >= 0.3 is 0 Å². The van der Waals surface area contributed by atoms with Gasteiger partial charge in [0.2, 0.25) is 0 Å². The van der Waals surface area contributed by atoms with Crippen LogP contribution in [0.15, 0.2) is 48.5 Å². The van der Waals surface area contributed by atoms with E-state index < -0.39 is 0 Å². The average Bonchev–Trinajstić information content (AvgIpc) is 3.16. The fraction of sp³-hybridized carbons (Fsp3) is 0.158. The van der Waals surface area contributed by atoms with Crippen LogP contribution < -0.4 is 0 Å². The molecule has 5 heteroatoms. The standard InChI is InChI=1S/C19H16FN3O/c1-12-4-2-3-5-15(12)18-16-10-23(11-17(16)21-22-18)19(24)13-6-8-14(20)9-7-13/h2-9H,10-11H2,1H3,(H,21,22). The van der Waals surface area contributed by atoms with E-state index in [-0.39, 0.29) is 11.7 Å². The first kappa shape index (κ1) is 14.6. The van der Waals surface area contributed by atoms with Crippen molar-refractivity contribution in [1.29, 1.82) is 0 Å². The van der Waals surface area contributed by atoms with Crippen molar-refractivity contribution >= 4 is 5.91 Å². The van der Waals surface area contributed by atoms with Crippen LogP contribution in [0.25, 0.3) is 11.3 Å². The molecule has 0 fully saturated rings. The summed E-state index contributed by atoms with van der Waals surface area (Å²) in [5.74, 6) is -0.445. The lowest BCUT2D eigenvalue weighted by atomic mass is 10.0. The molecule has 2 heterocycles. The lowest BCUT2D eigenvalue weighted by Crippen LogP contribution is -2.25. The van der Waals surface area contributed by atoms with Gasteiger partial charge in [0.1, 0.15) is 5.82 Å². The molecule has 0 unspecified atom stereocenters. The van der Waals surface area contributed by atoms with E-state index in [0.29, 0.717) is 18.7 Å². The molecule has 1 aromatic heterocycles. The summed E-state index contributed by atoms with van der Waals surface area (Å²) in [6, 6.07) is 13.7. The van der Waals surface area contributed by atoms with Crippen LogP contribution in [0.1, 0.15) is 27.2 Å². The Balaban J connectivity index is 1.62. The predicted octanol–water partition coefficient (Wildman–Crippen LogP) is 3.68. The second kappa shape index (κ2) is 5.60. The molecule has 0 saturated heterocycles. The SMILES string of the molecule is Cc1ccccc1-c1n[nH]c2c1CN(C(=O)c1ccc(F)cc1)C2. The van der Waals surface area contributed by atoms with Crippen molar-refractivity contribution < 1.29 is 9.18 Å². The summed E-state index contributed by atoms with van der Waals surface area (Å²) in [5, 5.41) is 7.49. The van der Waals surface area contributed by atoms with Gasteiger partial charge in [0, 0.05) is 16.7 Å². The summed E-state index contributed by atoms with van der Waals surface area (Å²) in [4.78, 5) is 14.4. The zero-order chi connectivity index (χ0) is 16.7. The van der Waals surface area contributed by atoms with Crippen LogP contribution in [0, 0.1) is 12.7 Å². The van der Waals surface area contributed by atoms with E-state index in [9.17, 15) is 9.18 Å². The second-order valence-corrected chi connectivity index (χ2v) is 6.01. The van der Waals surface area contributed by atoms with Crippen molar-refractivity contribution in [1.82, 2.24) is 15.1 Å². The van der Waals surface area contributed by atoms with Crippen molar-refractivity contribution in [2.45, 2.75) is 20.0 Å². The largest absolute Gasteiger partial charge is 0.328 e. The third-order valence-electron chi connectivity index (χ3n) is 4.43. The monoisotopic (exact) mass is 321 g/mol. The Bertz CT molecular complexity index is 915. The van der Waals surface area contributed by atoms with Crippen LogP contribution in [0.2, 0.25) is 0 Å². The minimum atomic E-state index is -0.343. The van der Waals surface area contributed by atoms with E-state index in [1.54, 1.807) is 4.90 Å². The fourth-order valence-corrected chi connectivity index (χ4v) is 3.12. The summed E-state index contributed by atoms with van der Waals surface area (Å²) in [6.45, 7) is 3.04. The highest BCUT2D eigenvalue weighted by Crippen LogP contribution is 2.32. The molecule has 0 radical (unpaired) electrons. The molecule has 0 spiro atoms. The van der Waals surface area contributed by atoms with E-state index in [2.05, 4.69) is 10.2 Å². The zero-order valence-electron chi connectivity index (χ0n) is 13.2. The van der Waals surface area contributed by atoms with Crippen LogP contribution in [0.3, 0.4) is 0 Å². The number of H-pyrrole nitrogens is 1. The van der Waals surface area contributed by atoms with Gasteiger partial charge in [-0.05, 0) is 36.8 Å². The lowest BCUT2D eigenvalue weighted by Gasteiger charge is -2.16. The van der Waals surface area contributed by atoms with Gasteiger partial charge in [-0.3, -0.25) is 9.89 Å². The van der Waals surface area contributed by atoms with E-state index in [1.807, 2.05) is 31.2 Å². The molecule has 0 aliphatic carbocycles. The number of hydrogen-bond acceptors (Lipinski definition) is 2. The van der Waals surface area contributed by atoms with Crippen LogP contribution in [0.4, 0.5) is 4.39 Å². The van der Waals surface area contributed by atoms with Crippen LogP contribution in [-0.2, 0) is 13.1 Å². The van der Waals surface area contributed by atoms with Crippen molar-refractivity contribution in [3.63, 3.8) is 0 Å². The van der Waals surface area contributed by atoms with E-state index in [4.69, 9.17) is 0 Å². The predicted molar refractivity (Wildman–Crippen MR) is 88.7 cm³/mol. The van der Waals surface area contributed by atoms with E-state index in [0.717, 1.165) is 28.1 Å². The van der Waals surface area contributed by atoms with Gasteiger partial charge in [-0.2, -0.15) is 5.10 Å². The minimum Gasteiger partial charge on any atom is -0.328 e. The molecule has 4 nitrogen and oxygen atoms in total. The van der Waals surface area contributed by atoms with Crippen molar-refractivity contribution in [3.05, 3.63) is 76.7 Å². The number of carbonyl (C=O) groups excluding carboxylic acids is 1. The maximum Gasteiger partial charge on any atom is 0.254 e. The average molecular weight is 321 g/mol. The highest BCUT2D eigenvalue weighted by atomic mass is 19.1. The number of fused-ring (bicyclic) bond motifs is 1. The van der Waals surface area contributed by atoms with Gasteiger partial charge in [-0.25, -0.2) is 4.39 Å². The summed E-state index contributed by atoms with van der Waals surface area (Å²) in [7, 11) is 0. The molecule has 3 aromatic rings. The Morgan fingerprint density at radius 2 is 1.88 bits per heavy atom. The number of amides is 1. The topological polar surface area (TPSA) is 49.0 Å². The van der Waals surface area contributed by atoms with Crippen molar-refractivity contribution in [2.24, 2.45) is 0 Å². The smallest absolute Gasteiger partial charge is 0.254 e. The number of rotatable bonds is 2. The summed E-state index contributed by atoms with van der Waals surface area (Å²) < 4.78 is 13.0. The highest BCUT2D eigenvalue weighted by molar-refractivity contribution is 5.94. The maximum absolute atomic E-state index is 13.0. The number of nitrogens with zero attached hydrogens (tertiary/aromatic N) is 2. The lowest BCUT2D eigenvalue weighted by molar-refractivity contribution is 0.0749. The first-order valence-corrected chi connectivity index (χ1v) is 7.80. The quantitative estimate of drug-likeness (QED) is 0.783. The van der Waals surface area contributed by atoms with Gasteiger partial charge in [-0.1, -0.05) is 24.3 Å². The molecule has 1 aliphatic rings. The van der Waals surface area contributed by atoms with Gasteiger partial charge in [-0.15, -0.1) is 0 Å². The molecule has 120 valence electrons. The second-order valence-electron chi connectivity index (χ2n) is 6.01. The highest BCUT2D eigenvalue weighted by Gasteiger charge is 2.29. The van der Waals surface area contributed by atoms with Crippen LogP contribution >= 0.6 is 0 Å². The molecule has 24 heavy (non-hydrogen) atoms.